The maximum Gasteiger partial charge on any atom is 0.251 e. The van der Waals surface area contributed by atoms with E-state index in [0.29, 0.717) is 6.04 Å². The number of nitrogens with one attached hydrogen (secondary N) is 2. The van der Waals surface area contributed by atoms with Crippen LogP contribution < -0.4 is 10.6 Å². The molecule has 0 radical (unpaired) electrons. The van der Waals surface area contributed by atoms with Crippen LogP contribution in [-0.4, -0.2) is 24.5 Å². The summed E-state index contributed by atoms with van der Waals surface area (Å²) in [4.78, 5) is 12.3. The smallest absolute Gasteiger partial charge is 0.251 e. The first-order valence-corrected chi connectivity index (χ1v) is 6.70. The van der Waals surface area contributed by atoms with Crippen molar-refractivity contribution >= 4 is 18.3 Å². The number of carbonyl (C=O) groups excluding carboxylic acids is 1. The van der Waals surface area contributed by atoms with E-state index in [2.05, 4.69) is 17.6 Å². The highest BCUT2D eigenvalue weighted by atomic mass is 35.5. The molecule has 106 valence electrons. The Bertz CT molecular complexity index is 448. The van der Waals surface area contributed by atoms with Gasteiger partial charge in [0.25, 0.3) is 5.91 Å². The molecular weight excluding hydrogens is 260 g/mol. The van der Waals surface area contributed by atoms with Gasteiger partial charge in [0.2, 0.25) is 0 Å². The van der Waals surface area contributed by atoms with E-state index in [9.17, 15) is 4.79 Å². The van der Waals surface area contributed by atoms with Crippen LogP contribution in [0.3, 0.4) is 0 Å². The number of rotatable bonds is 2. The monoisotopic (exact) mass is 282 g/mol. The van der Waals surface area contributed by atoms with Crippen molar-refractivity contribution in [2.45, 2.75) is 45.7 Å². The van der Waals surface area contributed by atoms with Gasteiger partial charge in [0.1, 0.15) is 0 Å². The fourth-order valence-electron chi connectivity index (χ4n) is 2.48. The maximum absolute atomic E-state index is 12.3. The number of amides is 1. The topological polar surface area (TPSA) is 41.1 Å². The van der Waals surface area contributed by atoms with E-state index >= 15 is 0 Å². The average Bonchev–Trinajstić information content (AvgIpc) is 2.35. The van der Waals surface area contributed by atoms with Crippen molar-refractivity contribution in [2.75, 3.05) is 6.54 Å². The standard InChI is InChI=1S/C15H22N2O.ClH/c1-10-6-4-7-13(11(10)2)15(18)17-14-8-5-9-16-12(14)3;/h4,6-7,12,14,16H,5,8-9H2,1-3H3,(H,17,18);1H. The SMILES string of the molecule is Cc1cccc(C(=O)NC2CCCNC2C)c1C.Cl. The van der Waals surface area contributed by atoms with Gasteiger partial charge in [0.05, 0.1) is 0 Å². The number of aryl methyl sites for hydroxylation is 1. The summed E-state index contributed by atoms with van der Waals surface area (Å²) >= 11 is 0. The van der Waals surface area contributed by atoms with Crippen molar-refractivity contribution in [3.05, 3.63) is 34.9 Å². The lowest BCUT2D eigenvalue weighted by molar-refractivity contribution is 0.0919. The van der Waals surface area contributed by atoms with E-state index in [1.807, 2.05) is 32.0 Å². The van der Waals surface area contributed by atoms with E-state index < -0.39 is 0 Å². The largest absolute Gasteiger partial charge is 0.348 e. The van der Waals surface area contributed by atoms with Gasteiger partial charge in [-0.25, -0.2) is 0 Å². The molecule has 2 unspecified atom stereocenters. The molecule has 3 nitrogen and oxygen atoms in total. The molecule has 1 aliphatic heterocycles. The summed E-state index contributed by atoms with van der Waals surface area (Å²) in [7, 11) is 0. The van der Waals surface area contributed by atoms with Gasteiger partial charge < -0.3 is 10.6 Å². The Morgan fingerprint density at radius 3 is 2.79 bits per heavy atom. The van der Waals surface area contributed by atoms with Crippen molar-refractivity contribution < 1.29 is 4.79 Å². The number of halogens is 1. The molecular formula is C15H23ClN2O. The Labute approximate surface area is 121 Å². The molecule has 0 spiro atoms. The van der Waals surface area contributed by atoms with Crippen LogP contribution in [0.15, 0.2) is 18.2 Å². The average molecular weight is 283 g/mol. The molecule has 19 heavy (non-hydrogen) atoms. The van der Waals surface area contributed by atoms with Crippen molar-refractivity contribution in [3.8, 4) is 0 Å². The molecule has 1 saturated heterocycles. The van der Waals surface area contributed by atoms with Crippen LogP contribution in [-0.2, 0) is 0 Å². The molecule has 0 bridgehead atoms. The highest BCUT2D eigenvalue weighted by Crippen LogP contribution is 2.14. The Balaban J connectivity index is 0.00000180. The Morgan fingerprint density at radius 2 is 2.11 bits per heavy atom. The minimum absolute atomic E-state index is 0. The van der Waals surface area contributed by atoms with E-state index in [0.717, 1.165) is 36.1 Å². The van der Waals surface area contributed by atoms with Crippen LogP contribution in [0.4, 0.5) is 0 Å². The third-order valence-corrected chi connectivity index (χ3v) is 3.93. The molecule has 2 rings (SSSR count). The van der Waals surface area contributed by atoms with Crippen LogP contribution in [0.2, 0.25) is 0 Å². The highest BCUT2D eigenvalue weighted by molar-refractivity contribution is 5.96. The van der Waals surface area contributed by atoms with Gasteiger partial charge in [0, 0.05) is 17.6 Å². The summed E-state index contributed by atoms with van der Waals surface area (Å²) < 4.78 is 0. The molecule has 2 N–H and O–H groups in total. The first-order valence-electron chi connectivity index (χ1n) is 6.70. The van der Waals surface area contributed by atoms with E-state index in [1.54, 1.807) is 0 Å². The van der Waals surface area contributed by atoms with Gasteiger partial charge in [-0.2, -0.15) is 0 Å². The molecule has 1 heterocycles. The summed E-state index contributed by atoms with van der Waals surface area (Å²) in [5.41, 5.74) is 3.04. The van der Waals surface area contributed by atoms with Crippen molar-refractivity contribution in [2.24, 2.45) is 0 Å². The highest BCUT2D eigenvalue weighted by Gasteiger charge is 2.23. The second kappa shape index (κ2) is 6.92. The van der Waals surface area contributed by atoms with Crippen LogP contribution in [0.5, 0.6) is 0 Å². The Morgan fingerprint density at radius 1 is 1.37 bits per heavy atom. The zero-order valence-corrected chi connectivity index (χ0v) is 12.6. The fourth-order valence-corrected chi connectivity index (χ4v) is 2.48. The predicted molar refractivity (Wildman–Crippen MR) is 81.1 cm³/mol. The van der Waals surface area contributed by atoms with Gasteiger partial charge in [-0.15, -0.1) is 12.4 Å². The molecule has 0 aromatic heterocycles. The van der Waals surface area contributed by atoms with Crippen molar-refractivity contribution in [3.63, 3.8) is 0 Å². The van der Waals surface area contributed by atoms with Gasteiger partial charge in [-0.1, -0.05) is 12.1 Å². The fraction of sp³-hybridized carbons (Fsp3) is 0.533. The quantitative estimate of drug-likeness (QED) is 0.875. The van der Waals surface area contributed by atoms with Crippen LogP contribution in [0.25, 0.3) is 0 Å². The summed E-state index contributed by atoms with van der Waals surface area (Å²) in [6.07, 6.45) is 2.19. The van der Waals surface area contributed by atoms with Crippen LogP contribution in [0.1, 0.15) is 41.3 Å². The first kappa shape index (κ1) is 16.0. The molecule has 1 aliphatic rings. The number of hydrogen-bond donors (Lipinski definition) is 2. The molecule has 4 heteroatoms. The molecule has 1 aromatic carbocycles. The lowest BCUT2D eigenvalue weighted by atomic mass is 9.98. The van der Waals surface area contributed by atoms with E-state index in [1.165, 1.54) is 0 Å². The Hall–Kier alpha value is -1.06. The molecule has 1 fully saturated rings. The minimum atomic E-state index is 0. The first-order chi connectivity index (χ1) is 8.59. The third kappa shape index (κ3) is 3.71. The molecule has 1 aromatic rings. The minimum Gasteiger partial charge on any atom is -0.348 e. The summed E-state index contributed by atoms with van der Waals surface area (Å²) in [5.74, 6) is 0.0525. The van der Waals surface area contributed by atoms with Gasteiger partial charge in [-0.3, -0.25) is 4.79 Å². The summed E-state index contributed by atoms with van der Waals surface area (Å²) in [5, 5.41) is 6.55. The molecule has 1 amide bonds. The second-order valence-corrected chi connectivity index (χ2v) is 5.21. The number of piperidine rings is 1. The zero-order chi connectivity index (χ0) is 13.1. The van der Waals surface area contributed by atoms with E-state index in [-0.39, 0.29) is 24.4 Å². The second-order valence-electron chi connectivity index (χ2n) is 5.21. The third-order valence-electron chi connectivity index (χ3n) is 3.93. The number of benzene rings is 1. The van der Waals surface area contributed by atoms with Gasteiger partial charge in [0.15, 0.2) is 0 Å². The van der Waals surface area contributed by atoms with Crippen LogP contribution >= 0.6 is 12.4 Å². The van der Waals surface area contributed by atoms with Crippen molar-refractivity contribution in [1.82, 2.24) is 10.6 Å². The van der Waals surface area contributed by atoms with Gasteiger partial charge >= 0.3 is 0 Å². The van der Waals surface area contributed by atoms with E-state index in [4.69, 9.17) is 0 Å². The lowest BCUT2D eigenvalue weighted by Gasteiger charge is -2.30. The van der Waals surface area contributed by atoms with Crippen LogP contribution in [0, 0.1) is 13.8 Å². The zero-order valence-electron chi connectivity index (χ0n) is 11.8. The molecule has 2 atom stereocenters. The number of hydrogen-bond acceptors (Lipinski definition) is 2. The molecule has 0 aliphatic carbocycles. The maximum atomic E-state index is 12.3. The molecule has 0 saturated carbocycles. The summed E-state index contributed by atoms with van der Waals surface area (Å²) in [6, 6.07) is 6.48. The normalized spacial score (nSPS) is 22.5. The Kier molecular flexibility index (Phi) is 5.83. The summed E-state index contributed by atoms with van der Waals surface area (Å²) in [6.45, 7) is 7.23. The van der Waals surface area contributed by atoms with Crippen molar-refractivity contribution in [1.29, 1.82) is 0 Å². The lowest BCUT2D eigenvalue weighted by Crippen LogP contribution is -2.52. The number of carbonyl (C=O) groups is 1. The predicted octanol–water partition coefficient (Wildman–Crippen LogP) is 2.60. The van der Waals surface area contributed by atoms with Gasteiger partial charge in [-0.05, 0) is 57.4 Å².